The molecule has 1 aromatic carbocycles. The number of ether oxygens (including phenoxy) is 1. The standard InChI is InChI=1S/C16H17BrN2O2S/c1-10-4-5-11(2)13(8-10)21-9-16(20)19-18-12(3)14-6-7-15(17)22-14/h4-8H,9H2,1-3H3,(H,19,20)/b18-12+. The highest BCUT2D eigenvalue weighted by molar-refractivity contribution is 9.11. The van der Waals surface area contributed by atoms with Gasteiger partial charge in [0, 0.05) is 0 Å². The zero-order valence-corrected chi connectivity index (χ0v) is 15.0. The first-order chi connectivity index (χ1) is 10.5. The largest absolute Gasteiger partial charge is 0.483 e. The molecular weight excluding hydrogens is 364 g/mol. The highest BCUT2D eigenvalue weighted by Crippen LogP contribution is 2.22. The van der Waals surface area contributed by atoms with Crippen molar-refractivity contribution < 1.29 is 9.53 Å². The van der Waals surface area contributed by atoms with Gasteiger partial charge in [-0.1, -0.05) is 12.1 Å². The van der Waals surface area contributed by atoms with E-state index < -0.39 is 0 Å². The number of nitrogens with one attached hydrogen (secondary N) is 1. The van der Waals surface area contributed by atoms with E-state index in [1.165, 1.54) is 0 Å². The van der Waals surface area contributed by atoms with Crippen LogP contribution in [0.2, 0.25) is 0 Å². The summed E-state index contributed by atoms with van der Waals surface area (Å²) < 4.78 is 6.56. The minimum atomic E-state index is -0.282. The monoisotopic (exact) mass is 380 g/mol. The van der Waals surface area contributed by atoms with Crippen LogP contribution < -0.4 is 10.2 Å². The molecule has 0 aliphatic rings. The van der Waals surface area contributed by atoms with Crippen molar-refractivity contribution in [3.63, 3.8) is 0 Å². The van der Waals surface area contributed by atoms with E-state index in [1.54, 1.807) is 11.3 Å². The van der Waals surface area contributed by atoms with Crippen molar-refractivity contribution in [2.24, 2.45) is 5.10 Å². The summed E-state index contributed by atoms with van der Waals surface area (Å²) in [5.41, 5.74) is 5.37. The van der Waals surface area contributed by atoms with Gasteiger partial charge in [0.05, 0.1) is 14.4 Å². The molecule has 6 heteroatoms. The average Bonchev–Trinajstić information content (AvgIpc) is 2.92. The lowest BCUT2D eigenvalue weighted by Gasteiger charge is -2.09. The minimum absolute atomic E-state index is 0.0603. The topological polar surface area (TPSA) is 50.7 Å². The highest BCUT2D eigenvalue weighted by atomic mass is 79.9. The molecule has 0 radical (unpaired) electrons. The van der Waals surface area contributed by atoms with Gasteiger partial charge in [0.2, 0.25) is 0 Å². The highest BCUT2D eigenvalue weighted by Gasteiger charge is 2.06. The molecule has 116 valence electrons. The fourth-order valence-corrected chi connectivity index (χ4v) is 3.08. The molecule has 0 unspecified atom stereocenters. The summed E-state index contributed by atoms with van der Waals surface area (Å²) in [6, 6.07) is 9.80. The Labute approximate surface area is 142 Å². The van der Waals surface area contributed by atoms with Crippen molar-refractivity contribution in [2.75, 3.05) is 6.61 Å². The summed E-state index contributed by atoms with van der Waals surface area (Å²) in [5, 5.41) is 4.09. The van der Waals surface area contributed by atoms with Crippen LogP contribution in [0.15, 0.2) is 39.2 Å². The van der Waals surface area contributed by atoms with Gasteiger partial charge in [-0.2, -0.15) is 5.10 Å². The lowest BCUT2D eigenvalue weighted by molar-refractivity contribution is -0.123. The normalized spacial score (nSPS) is 11.4. The third kappa shape index (κ3) is 4.68. The number of benzene rings is 1. The van der Waals surface area contributed by atoms with Crippen LogP contribution in [-0.4, -0.2) is 18.2 Å². The summed E-state index contributed by atoms with van der Waals surface area (Å²) in [5.74, 6) is 0.439. The van der Waals surface area contributed by atoms with E-state index in [0.29, 0.717) is 0 Å². The fraction of sp³-hybridized carbons (Fsp3) is 0.250. The minimum Gasteiger partial charge on any atom is -0.483 e. The van der Waals surface area contributed by atoms with Crippen LogP contribution in [0.3, 0.4) is 0 Å². The molecule has 1 heterocycles. The van der Waals surface area contributed by atoms with Crippen LogP contribution >= 0.6 is 27.3 Å². The first-order valence-corrected chi connectivity index (χ1v) is 8.35. The molecular formula is C16H17BrN2O2S. The Morgan fingerprint density at radius 3 is 2.77 bits per heavy atom. The number of carbonyl (C=O) groups is 1. The zero-order valence-electron chi connectivity index (χ0n) is 12.6. The molecule has 0 aliphatic carbocycles. The zero-order chi connectivity index (χ0) is 16.1. The number of nitrogens with zero attached hydrogens (tertiary/aromatic N) is 1. The Morgan fingerprint density at radius 1 is 1.32 bits per heavy atom. The third-order valence-corrected chi connectivity index (χ3v) is 4.71. The number of halogens is 1. The molecule has 1 amide bonds. The summed E-state index contributed by atoms with van der Waals surface area (Å²) in [6.07, 6.45) is 0. The van der Waals surface area contributed by atoms with Gasteiger partial charge in [-0.25, -0.2) is 5.43 Å². The first kappa shape index (κ1) is 16.7. The summed E-state index contributed by atoms with van der Waals surface area (Å²) in [6.45, 7) is 5.72. The van der Waals surface area contributed by atoms with E-state index in [0.717, 1.165) is 31.3 Å². The summed E-state index contributed by atoms with van der Waals surface area (Å²) >= 11 is 4.96. The maximum absolute atomic E-state index is 11.8. The Bertz CT molecular complexity index is 710. The number of hydrazone groups is 1. The van der Waals surface area contributed by atoms with Crippen LogP contribution in [0.1, 0.15) is 22.9 Å². The number of aryl methyl sites for hydroxylation is 2. The molecule has 0 fully saturated rings. The third-order valence-electron chi connectivity index (χ3n) is 2.98. The fourth-order valence-electron chi connectivity index (χ4n) is 1.75. The predicted molar refractivity (Wildman–Crippen MR) is 93.8 cm³/mol. The van der Waals surface area contributed by atoms with E-state index >= 15 is 0 Å². The average molecular weight is 381 g/mol. The van der Waals surface area contributed by atoms with Gasteiger partial charge in [-0.05, 0) is 66.0 Å². The number of hydrogen-bond acceptors (Lipinski definition) is 4. The molecule has 1 aromatic heterocycles. The Kier molecular flexibility index (Phi) is 5.74. The van der Waals surface area contributed by atoms with Gasteiger partial charge >= 0.3 is 0 Å². The van der Waals surface area contributed by atoms with E-state index in [4.69, 9.17) is 4.74 Å². The van der Waals surface area contributed by atoms with Crippen LogP contribution in [0.5, 0.6) is 5.75 Å². The molecule has 0 saturated carbocycles. The quantitative estimate of drug-likeness (QED) is 0.628. The second kappa shape index (κ2) is 7.56. The molecule has 0 bridgehead atoms. The van der Waals surface area contributed by atoms with Gasteiger partial charge in [0.15, 0.2) is 6.61 Å². The Hall–Kier alpha value is -1.66. The van der Waals surface area contributed by atoms with E-state index in [2.05, 4.69) is 26.5 Å². The van der Waals surface area contributed by atoms with Crippen LogP contribution in [0.25, 0.3) is 0 Å². The number of amides is 1. The van der Waals surface area contributed by atoms with Gasteiger partial charge in [0.25, 0.3) is 5.91 Å². The van der Waals surface area contributed by atoms with Crippen LogP contribution in [-0.2, 0) is 4.79 Å². The Balaban J connectivity index is 1.89. The maximum atomic E-state index is 11.8. The molecule has 2 aromatic rings. The van der Waals surface area contributed by atoms with Gasteiger partial charge in [-0.3, -0.25) is 4.79 Å². The van der Waals surface area contributed by atoms with E-state index in [1.807, 2.05) is 51.1 Å². The SMILES string of the molecule is C/C(=N\NC(=O)COc1cc(C)ccc1C)c1ccc(Br)s1. The number of thiophene rings is 1. The summed E-state index contributed by atoms with van der Waals surface area (Å²) in [4.78, 5) is 12.8. The van der Waals surface area contributed by atoms with Crippen molar-refractivity contribution in [1.82, 2.24) is 5.43 Å². The van der Waals surface area contributed by atoms with Gasteiger partial charge < -0.3 is 4.74 Å². The number of carbonyl (C=O) groups excluding carboxylic acids is 1. The molecule has 2 rings (SSSR count). The van der Waals surface area contributed by atoms with Gasteiger partial charge in [-0.15, -0.1) is 11.3 Å². The van der Waals surface area contributed by atoms with Gasteiger partial charge in [0.1, 0.15) is 5.75 Å². The van der Waals surface area contributed by atoms with Crippen LogP contribution in [0, 0.1) is 13.8 Å². The van der Waals surface area contributed by atoms with Crippen molar-refractivity contribution in [3.05, 3.63) is 50.1 Å². The van der Waals surface area contributed by atoms with Crippen molar-refractivity contribution in [3.8, 4) is 5.75 Å². The molecule has 0 saturated heterocycles. The van der Waals surface area contributed by atoms with Crippen molar-refractivity contribution in [2.45, 2.75) is 20.8 Å². The number of rotatable bonds is 5. The summed E-state index contributed by atoms with van der Waals surface area (Å²) in [7, 11) is 0. The predicted octanol–water partition coefficient (Wildman–Crippen LogP) is 4.05. The Morgan fingerprint density at radius 2 is 2.09 bits per heavy atom. The van der Waals surface area contributed by atoms with Crippen LogP contribution in [0.4, 0.5) is 0 Å². The first-order valence-electron chi connectivity index (χ1n) is 6.74. The van der Waals surface area contributed by atoms with E-state index in [9.17, 15) is 4.79 Å². The second-order valence-electron chi connectivity index (χ2n) is 4.89. The number of hydrogen-bond donors (Lipinski definition) is 1. The lowest BCUT2D eigenvalue weighted by Crippen LogP contribution is -2.25. The molecule has 0 atom stereocenters. The van der Waals surface area contributed by atoms with Crippen molar-refractivity contribution in [1.29, 1.82) is 0 Å². The smallest absolute Gasteiger partial charge is 0.277 e. The van der Waals surface area contributed by atoms with E-state index in [-0.39, 0.29) is 12.5 Å². The van der Waals surface area contributed by atoms with Crippen molar-refractivity contribution >= 4 is 38.9 Å². The molecule has 22 heavy (non-hydrogen) atoms. The molecule has 0 aliphatic heterocycles. The second-order valence-corrected chi connectivity index (χ2v) is 7.36. The molecule has 0 spiro atoms. The molecule has 4 nitrogen and oxygen atoms in total. The maximum Gasteiger partial charge on any atom is 0.277 e. The molecule has 1 N–H and O–H groups in total. The lowest BCUT2D eigenvalue weighted by atomic mass is 10.1.